The van der Waals surface area contributed by atoms with Gasteiger partial charge in [-0.1, -0.05) is 36.4 Å². The van der Waals surface area contributed by atoms with Crippen LogP contribution in [0.15, 0.2) is 41.5 Å². The van der Waals surface area contributed by atoms with Crippen LogP contribution in [0, 0.1) is 0 Å². The summed E-state index contributed by atoms with van der Waals surface area (Å²) in [5.74, 6) is 0.166. The second kappa shape index (κ2) is 7.86. The molecule has 0 saturated carbocycles. The van der Waals surface area contributed by atoms with Gasteiger partial charge in [0.2, 0.25) is 0 Å². The Balaban J connectivity index is 0.00000225. The predicted molar refractivity (Wildman–Crippen MR) is 63.5 cm³/mol. The number of hydrogen-bond donors (Lipinski definition) is 2. The Morgan fingerprint density at radius 2 is 1.88 bits per heavy atom. The molecule has 0 saturated heterocycles. The van der Waals surface area contributed by atoms with Gasteiger partial charge in [0, 0.05) is 0 Å². The second-order valence-corrected chi connectivity index (χ2v) is 2.98. The van der Waals surface area contributed by atoms with E-state index in [0.717, 1.165) is 5.56 Å². The Morgan fingerprint density at radius 3 is 2.44 bits per heavy atom. The maximum atomic E-state index is 5.31. The minimum Gasteiger partial charge on any atom is -1.00 e. The number of guanidine groups is 1. The number of nitrogens with zero attached hydrogens (tertiary/aromatic N) is 2. The smallest absolute Gasteiger partial charge is 0.364 e. The maximum absolute atomic E-state index is 5.31. The monoisotopic (exact) mass is 330 g/mol. The summed E-state index contributed by atoms with van der Waals surface area (Å²) in [5.41, 5.74) is 11.7. The fourth-order valence-corrected chi connectivity index (χ4v) is 0.923. The van der Waals surface area contributed by atoms with E-state index >= 15 is 0 Å². The van der Waals surface area contributed by atoms with Crippen LogP contribution in [-0.2, 0) is 0 Å². The van der Waals surface area contributed by atoms with E-state index in [4.69, 9.17) is 11.5 Å². The van der Waals surface area contributed by atoms with Crippen molar-refractivity contribution in [2.75, 3.05) is 7.05 Å². The molecule has 5 heteroatoms. The van der Waals surface area contributed by atoms with Crippen molar-refractivity contribution in [2.24, 2.45) is 16.6 Å². The normalized spacial score (nSPS) is 10.3. The van der Waals surface area contributed by atoms with E-state index in [1.165, 1.54) is 4.68 Å². The number of halogens is 1. The minimum atomic E-state index is 0. The van der Waals surface area contributed by atoms with Crippen molar-refractivity contribution in [1.29, 1.82) is 0 Å². The first-order valence-corrected chi connectivity index (χ1v) is 4.57. The fraction of sp³-hybridized carbons (Fsp3) is 0.0909. The lowest BCUT2D eigenvalue weighted by Crippen LogP contribution is -3.00. The SMILES string of the molecule is C[N+](N=CC=Cc1ccccc1)=C(N)N.[I-]. The van der Waals surface area contributed by atoms with Gasteiger partial charge in [0.1, 0.15) is 0 Å². The molecule has 0 aromatic heterocycles. The molecule has 0 unspecified atom stereocenters. The lowest BCUT2D eigenvalue weighted by atomic mass is 10.2. The second-order valence-electron chi connectivity index (χ2n) is 2.98. The Labute approximate surface area is 112 Å². The van der Waals surface area contributed by atoms with E-state index in [1.54, 1.807) is 13.3 Å². The van der Waals surface area contributed by atoms with Crippen molar-refractivity contribution >= 4 is 18.3 Å². The zero-order valence-electron chi connectivity index (χ0n) is 9.05. The van der Waals surface area contributed by atoms with E-state index in [1.807, 2.05) is 42.5 Å². The zero-order chi connectivity index (χ0) is 11.1. The molecule has 0 bridgehead atoms. The third-order valence-corrected chi connectivity index (χ3v) is 1.79. The van der Waals surface area contributed by atoms with Gasteiger partial charge >= 0.3 is 5.96 Å². The average molecular weight is 330 g/mol. The summed E-state index contributed by atoms with van der Waals surface area (Å²) < 4.78 is 1.40. The maximum Gasteiger partial charge on any atom is 0.364 e. The van der Waals surface area contributed by atoms with Crippen molar-refractivity contribution < 1.29 is 28.7 Å². The molecule has 0 amide bonds. The molecule has 4 N–H and O–H groups in total. The van der Waals surface area contributed by atoms with Crippen LogP contribution >= 0.6 is 0 Å². The largest absolute Gasteiger partial charge is 1.00 e. The molecule has 0 radical (unpaired) electrons. The highest BCUT2D eigenvalue weighted by Crippen LogP contribution is 1.99. The topological polar surface area (TPSA) is 67.4 Å². The molecule has 0 spiro atoms. The Kier molecular flexibility index (Phi) is 7.19. The number of hydrogen-bond acceptors (Lipinski definition) is 1. The van der Waals surface area contributed by atoms with Gasteiger partial charge in [0.15, 0.2) is 0 Å². The van der Waals surface area contributed by atoms with Crippen LogP contribution < -0.4 is 35.4 Å². The molecular formula is C11H15IN4. The van der Waals surface area contributed by atoms with Gasteiger partial charge in [-0.2, -0.15) is 0 Å². The van der Waals surface area contributed by atoms with E-state index in [-0.39, 0.29) is 29.9 Å². The van der Waals surface area contributed by atoms with Crippen LogP contribution in [0.1, 0.15) is 5.56 Å². The van der Waals surface area contributed by atoms with Crippen molar-refractivity contribution in [3.63, 3.8) is 0 Å². The highest BCUT2D eigenvalue weighted by Gasteiger charge is 1.89. The molecule has 0 aliphatic heterocycles. The van der Waals surface area contributed by atoms with Crippen LogP contribution in [-0.4, -0.2) is 23.9 Å². The summed E-state index contributed by atoms with van der Waals surface area (Å²) in [5, 5.41) is 3.97. The van der Waals surface area contributed by atoms with Crippen molar-refractivity contribution in [3.8, 4) is 0 Å². The summed E-state index contributed by atoms with van der Waals surface area (Å²) in [4.78, 5) is 0. The van der Waals surface area contributed by atoms with Crippen molar-refractivity contribution in [1.82, 2.24) is 0 Å². The highest BCUT2D eigenvalue weighted by molar-refractivity contribution is 5.78. The quantitative estimate of drug-likeness (QED) is 0.213. The molecule has 0 fully saturated rings. The lowest BCUT2D eigenvalue weighted by molar-refractivity contribution is -0.503. The summed E-state index contributed by atoms with van der Waals surface area (Å²) in [6, 6.07) is 9.96. The molecule has 0 heterocycles. The molecule has 86 valence electrons. The molecular weight excluding hydrogens is 315 g/mol. The van der Waals surface area contributed by atoms with Gasteiger partial charge in [0.05, 0.1) is 13.3 Å². The van der Waals surface area contributed by atoms with Crippen LogP contribution in [0.25, 0.3) is 6.08 Å². The van der Waals surface area contributed by atoms with Gasteiger partial charge in [0.25, 0.3) is 0 Å². The summed E-state index contributed by atoms with van der Waals surface area (Å²) in [6.07, 6.45) is 5.41. The van der Waals surface area contributed by atoms with Crippen molar-refractivity contribution in [3.05, 3.63) is 42.0 Å². The lowest BCUT2D eigenvalue weighted by Gasteiger charge is -1.90. The minimum absolute atomic E-state index is 0. The molecule has 0 aliphatic carbocycles. The predicted octanol–water partition coefficient (Wildman–Crippen LogP) is -2.39. The Hall–Kier alpha value is -1.37. The van der Waals surface area contributed by atoms with Gasteiger partial charge in [-0.25, -0.2) is 0 Å². The number of nitrogens with two attached hydrogens (primary N) is 2. The van der Waals surface area contributed by atoms with Crippen LogP contribution in [0.2, 0.25) is 0 Å². The molecule has 1 aromatic carbocycles. The third-order valence-electron chi connectivity index (χ3n) is 1.79. The average Bonchev–Trinajstić information content (AvgIpc) is 2.25. The first-order valence-electron chi connectivity index (χ1n) is 4.57. The van der Waals surface area contributed by atoms with E-state index < -0.39 is 0 Å². The molecule has 0 atom stereocenters. The molecule has 1 rings (SSSR count). The zero-order valence-corrected chi connectivity index (χ0v) is 11.2. The van der Waals surface area contributed by atoms with Crippen LogP contribution in [0.4, 0.5) is 0 Å². The Morgan fingerprint density at radius 1 is 1.25 bits per heavy atom. The van der Waals surface area contributed by atoms with Crippen molar-refractivity contribution in [2.45, 2.75) is 0 Å². The van der Waals surface area contributed by atoms with Gasteiger partial charge in [-0.3, -0.25) is 11.5 Å². The van der Waals surface area contributed by atoms with Gasteiger partial charge in [-0.05, 0) is 11.6 Å². The van der Waals surface area contributed by atoms with E-state index in [2.05, 4.69) is 5.10 Å². The third kappa shape index (κ3) is 5.50. The van der Waals surface area contributed by atoms with Crippen LogP contribution in [0.3, 0.4) is 0 Å². The van der Waals surface area contributed by atoms with Gasteiger partial charge in [-0.15, -0.1) is 9.79 Å². The fourth-order valence-electron chi connectivity index (χ4n) is 0.923. The summed E-state index contributed by atoms with van der Waals surface area (Å²) >= 11 is 0. The summed E-state index contributed by atoms with van der Waals surface area (Å²) in [6.45, 7) is 0. The number of allylic oxidation sites excluding steroid dienone is 1. The van der Waals surface area contributed by atoms with E-state index in [0.29, 0.717) is 0 Å². The molecule has 0 aliphatic rings. The molecule has 16 heavy (non-hydrogen) atoms. The molecule has 1 aromatic rings. The van der Waals surface area contributed by atoms with Gasteiger partial charge < -0.3 is 24.0 Å². The number of rotatable bonds is 3. The summed E-state index contributed by atoms with van der Waals surface area (Å²) in [7, 11) is 1.68. The molecule has 4 nitrogen and oxygen atoms in total. The number of benzene rings is 1. The van der Waals surface area contributed by atoms with Crippen LogP contribution in [0.5, 0.6) is 0 Å². The number of hydrazone groups is 1. The highest BCUT2D eigenvalue weighted by atomic mass is 127. The first-order chi connectivity index (χ1) is 7.20. The first kappa shape index (κ1) is 14.6. The standard InChI is InChI=1S/C11H14N4.HI/c1-15(11(12)13)14-9-5-8-10-6-3-2-4-7-10;/h2-9H,1H3,(H3,12,13);1H. The Bertz CT molecular complexity index is 392. The van der Waals surface area contributed by atoms with E-state index in [9.17, 15) is 0 Å².